The first kappa shape index (κ1) is 15.2. The fraction of sp³-hybridized carbons (Fsp3) is 0.467. The predicted octanol–water partition coefficient (Wildman–Crippen LogP) is 3.24. The third kappa shape index (κ3) is 4.37. The van der Waals surface area contributed by atoms with E-state index in [1.54, 1.807) is 18.3 Å². The summed E-state index contributed by atoms with van der Waals surface area (Å²) in [4.78, 5) is 4.30. The van der Waals surface area contributed by atoms with Gasteiger partial charge in [-0.25, -0.2) is 0 Å². The van der Waals surface area contributed by atoms with E-state index in [-0.39, 0.29) is 5.60 Å². The fourth-order valence-corrected chi connectivity index (χ4v) is 1.73. The van der Waals surface area contributed by atoms with Crippen molar-refractivity contribution in [3.8, 4) is 17.5 Å². The molecule has 0 aliphatic heterocycles. The molecule has 2 aromatic rings. The van der Waals surface area contributed by atoms with Crippen LogP contribution in [0, 0.1) is 0 Å². The standard InChI is InChI=1S/C15H22N4O2/c1-5-8-19-10-11(9-17-19)20-13-7-6-12(16)14(18-13)21-15(2,3)4/h6-7,9-10H,5,8,16H2,1-4H3. The number of hydrogen-bond acceptors (Lipinski definition) is 5. The number of anilines is 1. The Kier molecular flexibility index (Phi) is 4.35. The van der Waals surface area contributed by atoms with Crippen LogP contribution in [0.5, 0.6) is 17.5 Å². The molecule has 0 saturated carbocycles. The lowest BCUT2D eigenvalue weighted by atomic mass is 10.2. The minimum Gasteiger partial charge on any atom is -0.470 e. The molecule has 2 aromatic heterocycles. The third-order valence-electron chi connectivity index (χ3n) is 2.55. The van der Waals surface area contributed by atoms with Crippen molar-refractivity contribution in [2.24, 2.45) is 0 Å². The zero-order valence-corrected chi connectivity index (χ0v) is 13.0. The van der Waals surface area contributed by atoms with Gasteiger partial charge in [-0.3, -0.25) is 4.68 Å². The molecule has 0 aliphatic carbocycles. The molecule has 2 N–H and O–H groups in total. The highest BCUT2D eigenvalue weighted by Gasteiger charge is 2.16. The number of pyridine rings is 1. The molecule has 114 valence electrons. The molecule has 0 bridgehead atoms. The van der Waals surface area contributed by atoms with Gasteiger partial charge in [-0.1, -0.05) is 6.92 Å². The van der Waals surface area contributed by atoms with Crippen molar-refractivity contribution >= 4 is 5.69 Å². The van der Waals surface area contributed by atoms with E-state index in [4.69, 9.17) is 15.2 Å². The van der Waals surface area contributed by atoms with Crippen LogP contribution in [0.25, 0.3) is 0 Å². The van der Waals surface area contributed by atoms with Gasteiger partial charge in [0.15, 0.2) is 5.75 Å². The quantitative estimate of drug-likeness (QED) is 0.915. The molecule has 0 aromatic carbocycles. The van der Waals surface area contributed by atoms with E-state index < -0.39 is 0 Å². The molecule has 0 spiro atoms. The Morgan fingerprint density at radius 1 is 1.29 bits per heavy atom. The molecule has 0 unspecified atom stereocenters. The maximum Gasteiger partial charge on any atom is 0.241 e. The van der Waals surface area contributed by atoms with E-state index in [1.807, 2.05) is 31.6 Å². The average Bonchev–Trinajstić information content (AvgIpc) is 2.80. The van der Waals surface area contributed by atoms with Gasteiger partial charge in [0, 0.05) is 12.6 Å². The van der Waals surface area contributed by atoms with Gasteiger partial charge in [0.05, 0.1) is 18.1 Å². The number of ether oxygens (including phenoxy) is 2. The number of nitrogen functional groups attached to an aromatic ring is 1. The van der Waals surface area contributed by atoms with Crippen LogP contribution in [-0.2, 0) is 6.54 Å². The first-order chi connectivity index (χ1) is 9.87. The first-order valence-corrected chi connectivity index (χ1v) is 7.03. The van der Waals surface area contributed by atoms with Crippen LogP contribution in [0.2, 0.25) is 0 Å². The molecule has 0 amide bonds. The van der Waals surface area contributed by atoms with Gasteiger partial charge in [0.25, 0.3) is 0 Å². The molecule has 0 atom stereocenters. The summed E-state index contributed by atoms with van der Waals surface area (Å²) in [5.74, 6) is 1.45. The molecule has 0 radical (unpaired) electrons. The summed E-state index contributed by atoms with van der Waals surface area (Å²) in [6.07, 6.45) is 4.52. The molecule has 2 heterocycles. The summed E-state index contributed by atoms with van der Waals surface area (Å²) < 4.78 is 13.2. The van der Waals surface area contributed by atoms with Crippen molar-refractivity contribution in [3.05, 3.63) is 24.5 Å². The van der Waals surface area contributed by atoms with Crippen LogP contribution < -0.4 is 15.2 Å². The van der Waals surface area contributed by atoms with Gasteiger partial charge >= 0.3 is 0 Å². The van der Waals surface area contributed by atoms with Crippen LogP contribution in [0.15, 0.2) is 24.5 Å². The number of nitrogens with two attached hydrogens (primary N) is 1. The van der Waals surface area contributed by atoms with Crippen molar-refractivity contribution in [2.75, 3.05) is 5.73 Å². The Hall–Kier alpha value is -2.24. The molecule has 2 rings (SSSR count). The Balaban J connectivity index is 2.14. The molecule has 0 fully saturated rings. The normalized spacial score (nSPS) is 11.4. The predicted molar refractivity (Wildman–Crippen MR) is 81.6 cm³/mol. The second kappa shape index (κ2) is 6.03. The molecule has 21 heavy (non-hydrogen) atoms. The molecule has 6 heteroatoms. The van der Waals surface area contributed by atoms with Gasteiger partial charge in [-0.2, -0.15) is 10.1 Å². The van der Waals surface area contributed by atoms with Gasteiger partial charge in [-0.15, -0.1) is 0 Å². The van der Waals surface area contributed by atoms with Crippen LogP contribution >= 0.6 is 0 Å². The summed E-state index contributed by atoms with van der Waals surface area (Å²) in [5, 5.41) is 4.21. The SMILES string of the molecule is CCCn1cc(Oc2ccc(N)c(OC(C)(C)C)n2)cn1. The lowest BCUT2D eigenvalue weighted by Crippen LogP contribution is -2.24. The zero-order chi connectivity index (χ0) is 15.5. The highest BCUT2D eigenvalue weighted by molar-refractivity contribution is 5.49. The smallest absolute Gasteiger partial charge is 0.241 e. The monoisotopic (exact) mass is 290 g/mol. The van der Waals surface area contributed by atoms with Crippen molar-refractivity contribution < 1.29 is 9.47 Å². The van der Waals surface area contributed by atoms with E-state index in [0.717, 1.165) is 13.0 Å². The summed E-state index contributed by atoms with van der Waals surface area (Å²) in [6.45, 7) is 8.78. The molecule has 0 aliphatic rings. The second-order valence-electron chi connectivity index (χ2n) is 5.80. The van der Waals surface area contributed by atoms with E-state index in [1.165, 1.54) is 0 Å². The van der Waals surface area contributed by atoms with Gasteiger partial charge in [0.2, 0.25) is 11.8 Å². The summed E-state index contributed by atoms with van der Waals surface area (Å²) in [7, 11) is 0. The lowest BCUT2D eigenvalue weighted by Gasteiger charge is -2.21. The van der Waals surface area contributed by atoms with Crippen molar-refractivity contribution in [1.29, 1.82) is 0 Å². The Labute approximate surface area is 124 Å². The summed E-state index contributed by atoms with van der Waals surface area (Å²) in [6, 6.07) is 3.43. The fourth-order valence-electron chi connectivity index (χ4n) is 1.73. The molecule has 0 saturated heterocycles. The maximum absolute atomic E-state index is 5.87. The number of nitrogens with zero attached hydrogens (tertiary/aromatic N) is 3. The third-order valence-corrected chi connectivity index (χ3v) is 2.55. The lowest BCUT2D eigenvalue weighted by molar-refractivity contribution is 0.124. The van der Waals surface area contributed by atoms with E-state index >= 15 is 0 Å². The Morgan fingerprint density at radius 3 is 2.71 bits per heavy atom. The topological polar surface area (TPSA) is 75.2 Å². The number of aryl methyl sites for hydroxylation is 1. The number of hydrogen-bond donors (Lipinski definition) is 1. The van der Waals surface area contributed by atoms with Crippen molar-refractivity contribution in [2.45, 2.75) is 46.3 Å². The zero-order valence-electron chi connectivity index (χ0n) is 13.0. The van der Waals surface area contributed by atoms with Crippen LogP contribution in [-0.4, -0.2) is 20.4 Å². The van der Waals surface area contributed by atoms with Crippen LogP contribution in [0.3, 0.4) is 0 Å². The van der Waals surface area contributed by atoms with Crippen LogP contribution in [0.4, 0.5) is 5.69 Å². The molecular weight excluding hydrogens is 268 g/mol. The second-order valence-corrected chi connectivity index (χ2v) is 5.80. The van der Waals surface area contributed by atoms with Crippen molar-refractivity contribution in [1.82, 2.24) is 14.8 Å². The van der Waals surface area contributed by atoms with Gasteiger partial charge < -0.3 is 15.2 Å². The van der Waals surface area contributed by atoms with Gasteiger partial charge in [-0.05, 0) is 33.3 Å². The summed E-state index contributed by atoms with van der Waals surface area (Å²) in [5.41, 5.74) is 5.99. The van der Waals surface area contributed by atoms with Crippen LogP contribution in [0.1, 0.15) is 34.1 Å². The highest BCUT2D eigenvalue weighted by atomic mass is 16.5. The van der Waals surface area contributed by atoms with E-state index in [0.29, 0.717) is 23.2 Å². The largest absolute Gasteiger partial charge is 0.470 e. The minimum absolute atomic E-state index is 0.369. The van der Waals surface area contributed by atoms with Gasteiger partial charge in [0.1, 0.15) is 5.60 Å². The van der Waals surface area contributed by atoms with E-state index in [2.05, 4.69) is 17.0 Å². The van der Waals surface area contributed by atoms with Crippen molar-refractivity contribution in [3.63, 3.8) is 0 Å². The van der Waals surface area contributed by atoms with E-state index in [9.17, 15) is 0 Å². The number of rotatable bonds is 5. The summed E-state index contributed by atoms with van der Waals surface area (Å²) >= 11 is 0. The molecular formula is C15H22N4O2. The Morgan fingerprint density at radius 2 is 2.05 bits per heavy atom. The minimum atomic E-state index is -0.369. The number of aromatic nitrogens is 3. The Bertz CT molecular complexity index is 602. The maximum atomic E-state index is 5.87. The molecule has 6 nitrogen and oxygen atoms in total. The first-order valence-electron chi connectivity index (χ1n) is 7.03. The highest BCUT2D eigenvalue weighted by Crippen LogP contribution is 2.28. The average molecular weight is 290 g/mol.